The highest BCUT2D eigenvalue weighted by atomic mass is 32.1. The van der Waals surface area contributed by atoms with E-state index in [0.717, 1.165) is 110 Å². The molecule has 25 aromatic rings. The lowest BCUT2D eigenvalue weighted by Gasteiger charge is -2.28. The van der Waals surface area contributed by atoms with Gasteiger partial charge in [-0.3, -0.25) is 4.90 Å². The van der Waals surface area contributed by atoms with Crippen LogP contribution in [0.3, 0.4) is 0 Å². The van der Waals surface area contributed by atoms with E-state index >= 15 is 0 Å². The van der Waals surface area contributed by atoms with Crippen LogP contribution in [0, 0.1) is 0 Å². The van der Waals surface area contributed by atoms with Crippen molar-refractivity contribution in [1.82, 2.24) is 19.9 Å². The molecule has 0 radical (unpaired) electrons. The molecule has 0 aliphatic heterocycles. The maximum absolute atomic E-state index is 6.23. The summed E-state index contributed by atoms with van der Waals surface area (Å²) in [7, 11) is 0. The van der Waals surface area contributed by atoms with Gasteiger partial charge in [0.1, 0.15) is 20.5 Å². The Morgan fingerprint density at radius 1 is 0.176 bits per heavy atom. The Labute approximate surface area is 769 Å². The zero-order chi connectivity index (χ0) is 86.9. The molecule has 0 atom stereocenters. The van der Waals surface area contributed by atoms with Gasteiger partial charge >= 0.3 is 6.01 Å². The first-order valence-electron chi connectivity index (χ1n) is 43.8. The van der Waals surface area contributed by atoms with Crippen LogP contribution >= 0.6 is 34.0 Å². The number of hydrogen-bond donors (Lipinski definition) is 0. The lowest BCUT2D eigenvalue weighted by atomic mass is 9.98. The number of oxazole rings is 1. The van der Waals surface area contributed by atoms with Crippen molar-refractivity contribution in [1.29, 1.82) is 0 Å². The number of fused-ring (bicyclic) bond motifs is 10. The number of benzene rings is 21. The predicted molar refractivity (Wildman–Crippen MR) is 556 cm³/mol. The van der Waals surface area contributed by atoms with Crippen LogP contribution in [0.25, 0.3) is 172 Å². The summed E-state index contributed by atoms with van der Waals surface area (Å²) < 4.78 is 9.84. The maximum Gasteiger partial charge on any atom is 0.307 e. The predicted octanol–water partition coefficient (Wildman–Crippen LogP) is 34.9. The molecule has 11 heteroatoms. The highest BCUT2D eigenvalue weighted by Crippen LogP contribution is 2.47. The SMILES string of the molecule is c1ccc(-c2ccc(N(c3ccc(-c4ccc5ccccc5c4)cc3)c3nc4ccccc4o3)cc2)cc1.c1ccc2cc(-c3ccc(N(c4ccc(-c5nc6ccccc6s5)cc4)c4cc5ccccc5c5ccccc45)cc3)ccc2c1.c1ccc2cc(-c3ccc(N(c4ccc(-c5nc6ccccc6s5)cc4)c4ccc(-c5nc6ccccc6s5)cc4)cc3)ccc2c1. The van der Waals surface area contributed by atoms with E-state index in [2.05, 4.69) is 445 Å². The van der Waals surface area contributed by atoms with Gasteiger partial charge in [-0.05, 0) is 287 Å². The van der Waals surface area contributed by atoms with Gasteiger partial charge < -0.3 is 14.2 Å². The van der Waals surface area contributed by atoms with Gasteiger partial charge in [0, 0.05) is 50.5 Å². The number of anilines is 9. The molecule has 21 aromatic carbocycles. The van der Waals surface area contributed by atoms with Crippen LogP contribution in [0.1, 0.15) is 0 Å². The number of hydrogen-bond acceptors (Lipinski definition) is 11. The third kappa shape index (κ3) is 16.1. The van der Waals surface area contributed by atoms with E-state index in [1.165, 1.54) is 107 Å². The van der Waals surface area contributed by atoms with Gasteiger partial charge in [0.15, 0.2) is 5.58 Å². The van der Waals surface area contributed by atoms with Crippen LogP contribution in [0.5, 0.6) is 0 Å². The average Bonchev–Trinajstić information content (AvgIpc) is 1.64. The smallest absolute Gasteiger partial charge is 0.307 e. The molecule has 0 saturated heterocycles. The second kappa shape index (κ2) is 35.0. The first-order chi connectivity index (χ1) is 64.8. The number of rotatable bonds is 16. The van der Waals surface area contributed by atoms with Crippen molar-refractivity contribution in [3.63, 3.8) is 0 Å². The number of nitrogens with zero attached hydrogens (tertiary/aromatic N) is 7. The Hall–Kier alpha value is -16.5. The normalized spacial score (nSPS) is 11.4. The monoisotopic (exact) mass is 1730 g/mol. The van der Waals surface area contributed by atoms with Gasteiger partial charge in [0.2, 0.25) is 0 Å². The molecule has 0 amide bonds. The van der Waals surface area contributed by atoms with E-state index < -0.39 is 0 Å². The van der Waals surface area contributed by atoms with Gasteiger partial charge in [-0.15, -0.1) is 34.0 Å². The van der Waals surface area contributed by atoms with Crippen LogP contribution in [0.15, 0.2) is 484 Å². The Morgan fingerprint density at radius 2 is 0.458 bits per heavy atom. The summed E-state index contributed by atoms with van der Waals surface area (Å²) >= 11 is 5.19. The highest BCUT2D eigenvalue weighted by Gasteiger charge is 2.23. The fourth-order valence-electron chi connectivity index (χ4n) is 17.6. The standard InChI is InChI=1S/C43H28N2S.C42H27N3S2.C35H24N2O/c1-2-10-32-27-33(18-17-29(32)9-1)30-19-23-35(24-20-30)45(41-28-34-11-3-4-12-37(34)38-13-5-6-14-39(38)41)36-25-21-31(22-26-36)43-44-40-15-7-8-16-42(40)46-43;1-2-8-32-27-33(14-13-28(32)7-1)29-15-21-34(22-16-29)45(35-23-17-30(18-24-35)41-43-37-9-3-5-11-39(37)46-41)36-25-19-31(20-26-36)42-44-38-10-4-6-12-40(38)47-42;1-2-8-25(9-3-1)27-16-20-31(21-17-27)37(35-36-33-12-6-7-13-34(33)38-35)32-22-18-28(19-23-32)30-15-14-26-10-4-5-11-29(26)24-30/h1-28H;1-27H;1-24H. The van der Waals surface area contributed by atoms with Gasteiger partial charge in [-0.1, -0.05) is 285 Å². The zero-order valence-corrected chi connectivity index (χ0v) is 73.3. The van der Waals surface area contributed by atoms with E-state index in [-0.39, 0.29) is 0 Å². The molecule has 0 N–H and O–H groups in total. The Balaban J connectivity index is 0.000000112. The lowest BCUT2D eigenvalue weighted by Crippen LogP contribution is -2.10. The van der Waals surface area contributed by atoms with Gasteiger partial charge in [0.25, 0.3) is 0 Å². The number of aromatic nitrogens is 4. The van der Waals surface area contributed by atoms with Crippen molar-refractivity contribution in [2.24, 2.45) is 0 Å². The topological polar surface area (TPSA) is 74.4 Å². The molecule has 0 aliphatic carbocycles. The van der Waals surface area contributed by atoms with Crippen molar-refractivity contribution < 1.29 is 4.42 Å². The maximum atomic E-state index is 6.23. The summed E-state index contributed by atoms with van der Waals surface area (Å²) in [5.41, 5.74) is 26.2. The van der Waals surface area contributed by atoms with Crippen molar-refractivity contribution in [2.75, 3.05) is 14.7 Å². The Kier molecular flexibility index (Phi) is 21.1. The molecule has 131 heavy (non-hydrogen) atoms. The molecule has 4 heterocycles. The van der Waals surface area contributed by atoms with E-state index in [9.17, 15) is 0 Å². The number of thiazole rings is 3. The molecule has 8 nitrogen and oxygen atoms in total. The van der Waals surface area contributed by atoms with Crippen molar-refractivity contribution in [2.45, 2.75) is 0 Å². The van der Waals surface area contributed by atoms with Crippen molar-refractivity contribution >= 4 is 181 Å². The van der Waals surface area contributed by atoms with Gasteiger partial charge in [-0.25, -0.2) is 15.0 Å². The lowest BCUT2D eigenvalue weighted by molar-refractivity contribution is 0.608. The third-order valence-electron chi connectivity index (χ3n) is 24.3. The second-order valence-electron chi connectivity index (χ2n) is 32.5. The first kappa shape index (κ1) is 79.1. The van der Waals surface area contributed by atoms with Crippen molar-refractivity contribution in [3.05, 3.63) is 479 Å². The second-order valence-corrected chi connectivity index (χ2v) is 35.6. The molecule has 4 aromatic heterocycles. The van der Waals surface area contributed by atoms with Crippen LogP contribution in [-0.4, -0.2) is 19.9 Å². The summed E-state index contributed by atoms with van der Waals surface area (Å²) in [6.45, 7) is 0. The molecule has 25 rings (SSSR count). The largest absolute Gasteiger partial charge is 0.423 e. The fraction of sp³-hybridized carbons (Fsp3) is 0. The van der Waals surface area contributed by atoms with Crippen LogP contribution in [-0.2, 0) is 0 Å². The van der Waals surface area contributed by atoms with Crippen LogP contribution in [0.2, 0.25) is 0 Å². The molecule has 0 unspecified atom stereocenters. The average molecular weight is 1730 g/mol. The molecular weight excluding hydrogens is 1650 g/mol. The summed E-state index contributed by atoms with van der Waals surface area (Å²) in [6, 6.07) is 170. The zero-order valence-electron chi connectivity index (χ0n) is 70.9. The third-order valence-corrected chi connectivity index (χ3v) is 27.6. The van der Waals surface area contributed by atoms with E-state index in [0.29, 0.717) is 6.01 Å². The van der Waals surface area contributed by atoms with Crippen LogP contribution in [0.4, 0.5) is 51.5 Å². The Bertz CT molecular complexity index is 8220. The first-order valence-corrected chi connectivity index (χ1v) is 46.3. The fourth-order valence-corrected chi connectivity index (χ4v) is 20.5. The molecule has 0 spiro atoms. The van der Waals surface area contributed by atoms with E-state index in [1.54, 1.807) is 34.0 Å². The molecule has 0 saturated carbocycles. The Morgan fingerprint density at radius 3 is 0.847 bits per heavy atom. The highest BCUT2D eigenvalue weighted by molar-refractivity contribution is 7.22. The summed E-state index contributed by atoms with van der Waals surface area (Å²) in [6.07, 6.45) is 0. The quantitative estimate of drug-likeness (QED) is 0.0886. The van der Waals surface area contributed by atoms with Crippen LogP contribution < -0.4 is 14.7 Å². The summed E-state index contributed by atoms with van der Waals surface area (Å²) in [5.74, 6) is 0. The van der Waals surface area contributed by atoms with Crippen molar-refractivity contribution in [3.8, 4) is 76.2 Å². The van der Waals surface area contributed by atoms with E-state index in [4.69, 9.17) is 24.4 Å². The molecular formula is C120H79N7OS3. The van der Waals surface area contributed by atoms with Gasteiger partial charge in [0.05, 0.1) is 47.7 Å². The molecule has 0 aliphatic rings. The minimum Gasteiger partial charge on any atom is -0.423 e. The van der Waals surface area contributed by atoms with Gasteiger partial charge in [-0.2, -0.15) is 4.98 Å². The molecule has 0 fully saturated rings. The summed E-state index contributed by atoms with van der Waals surface area (Å²) in [4.78, 5) is 26.3. The summed E-state index contributed by atoms with van der Waals surface area (Å²) in [5, 5.41) is 15.5. The minimum absolute atomic E-state index is 0.539. The van der Waals surface area contributed by atoms with E-state index in [1.807, 2.05) is 48.5 Å². The molecule has 0 bridgehead atoms. The number of para-hydroxylation sites is 5. The minimum atomic E-state index is 0.539. The molecule has 618 valence electrons.